The Morgan fingerprint density at radius 1 is 1.35 bits per heavy atom. The predicted octanol–water partition coefficient (Wildman–Crippen LogP) is 2.36. The van der Waals surface area contributed by atoms with E-state index in [0.717, 1.165) is 31.7 Å². The maximum atomic E-state index is 11.7. The molecule has 2 rings (SSSR count). The molecule has 0 radical (unpaired) electrons. The molecule has 1 amide bonds. The van der Waals surface area contributed by atoms with Gasteiger partial charge in [-0.15, -0.1) is 0 Å². The van der Waals surface area contributed by atoms with Crippen molar-refractivity contribution in [1.29, 1.82) is 0 Å². The standard InChI is InChI=1S/C16H27N5O2/c1-4-20(5-2)14-7-10-17-15(19-14)18-13-8-11-21(12-9-13)16(22)23-6-3/h7,10,13H,4-6,8-9,11-12H2,1-3H3,(H,17,18,19). The van der Waals surface area contributed by atoms with Gasteiger partial charge >= 0.3 is 6.09 Å². The summed E-state index contributed by atoms with van der Waals surface area (Å²) in [5.74, 6) is 1.60. The maximum Gasteiger partial charge on any atom is 0.409 e. The first-order valence-electron chi connectivity index (χ1n) is 8.44. The van der Waals surface area contributed by atoms with E-state index in [9.17, 15) is 4.79 Å². The van der Waals surface area contributed by atoms with E-state index >= 15 is 0 Å². The number of likely N-dealkylation sites (tertiary alicyclic amines) is 1. The van der Waals surface area contributed by atoms with Gasteiger partial charge < -0.3 is 19.9 Å². The molecule has 0 spiro atoms. The molecule has 0 aromatic carbocycles. The molecule has 2 heterocycles. The zero-order valence-electron chi connectivity index (χ0n) is 14.3. The highest BCUT2D eigenvalue weighted by molar-refractivity contribution is 5.67. The molecule has 1 aromatic heterocycles. The lowest BCUT2D eigenvalue weighted by Gasteiger charge is -2.31. The van der Waals surface area contributed by atoms with Gasteiger partial charge in [0.15, 0.2) is 0 Å². The summed E-state index contributed by atoms with van der Waals surface area (Å²) in [5.41, 5.74) is 0. The Bertz CT molecular complexity index is 499. The molecule has 128 valence electrons. The quantitative estimate of drug-likeness (QED) is 0.867. The minimum atomic E-state index is -0.217. The van der Waals surface area contributed by atoms with Crippen molar-refractivity contribution in [2.45, 2.75) is 39.7 Å². The molecule has 1 saturated heterocycles. The zero-order chi connectivity index (χ0) is 16.7. The first kappa shape index (κ1) is 17.3. The van der Waals surface area contributed by atoms with Gasteiger partial charge in [-0.2, -0.15) is 4.98 Å². The first-order chi connectivity index (χ1) is 11.2. The van der Waals surface area contributed by atoms with Crippen LogP contribution in [0.4, 0.5) is 16.6 Å². The molecule has 1 aliphatic rings. The van der Waals surface area contributed by atoms with Crippen LogP contribution in [0.1, 0.15) is 33.6 Å². The van der Waals surface area contributed by atoms with Crippen LogP contribution in [0, 0.1) is 0 Å². The number of carbonyl (C=O) groups excluding carboxylic acids is 1. The summed E-state index contributed by atoms with van der Waals surface area (Å²) in [4.78, 5) is 24.6. The highest BCUT2D eigenvalue weighted by atomic mass is 16.6. The van der Waals surface area contributed by atoms with Crippen LogP contribution in [0.3, 0.4) is 0 Å². The maximum absolute atomic E-state index is 11.7. The molecule has 0 saturated carbocycles. The number of ether oxygens (including phenoxy) is 1. The van der Waals surface area contributed by atoms with E-state index in [1.807, 2.05) is 13.0 Å². The van der Waals surface area contributed by atoms with Gasteiger partial charge in [-0.25, -0.2) is 9.78 Å². The van der Waals surface area contributed by atoms with Crippen molar-refractivity contribution < 1.29 is 9.53 Å². The molecule has 1 fully saturated rings. The number of carbonyl (C=O) groups is 1. The van der Waals surface area contributed by atoms with Crippen molar-refractivity contribution in [3.63, 3.8) is 0 Å². The summed E-state index contributed by atoms with van der Waals surface area (Å²) >= 11 is 0. The van der Waals surface area contributed by atoms with E-state index in [-0.39, 0.29) is 12.1 Å². The molecule has 7 nitrogen and oxygen atoms in total. The Balaban J connectivity index is 1.89. The van der Waals surface area contributed by atoms with Crippen molar-refractivity contribution in [1.82, 2.24) is 14.9 Å². The molecule has 1 N–H and O–H groups in total. The minimum absolute atomic E-state index is 0.217. The Hall–Kier alpha value is -2.05. The number of rotatable bonds is 6. The topological polar surface area (TPSA) is 70.6 Å². The van der Waals surface area contributed by atoms with E-state index in [0.29, 0.717) is 25.6 Å². The normalized spacial score (nSPS) is 15.3. The van der Waals surface area contributed by atoms with Gasteiger partial charge in [-0.3, -0.25) is 0 Å². The van der Waals surface area contributed by atoms with Gasteiger partial charge in [0.1, 0.15) is 5.82 Å². The number of nitrogens with zero attached hydrogens (tertiary/aromatic N) is 4. The fourth-order valence-electron chi connectivity index (χ4n) is 2.75. The number of amides is 1. The largest absolute Gasteiger partial charge is 0.450 e. The Morgan fingerprint density at radius 2 is 2.04 bits per heavy atom. The molecule has 0 aliphatic carbocycles. The second-order valence-corrected chi connectivity index (χ2v) is 5.52. The zero-order valence-corrected chi connectivity index (χ0v) is 14.3. The average molecular weight is 321 g/mol. The third kappa shape index (κ3) is 4.71. The summed E-state index contributed by atoms with van der Waals surface area (Å²) in [7, 11) is 0. The van der Waals surface area contributed by atoms with E-state index < -0.39 is 0 Å². The second kappa shape index (κ2) is 8.55. The summed E-state index contributed by atoms with van der Waals surface area (Å²) in [5, 5.41) is 3.39. The van der Waals surface area contributed by atoms with Crippen LogP contribution >= 0.6 is 0 Å². The molecular weight excluding hydrogens is 294 g/mol. The lowest BCUT2D eigenvalue weighted by atomic mass is 10.1. The van der Waals surface area contributed by atoms with Crippen molar-refractivity contribution in [2.75, 3.05) is 43.0 Å². The fraction of sp³-hybridized carbons (Fsp3) is 0.688. The second-order valence-electron chi connectivity index (χ2n) is 5.52. The van der Waals surface area contributed by atoms with Gasteiger partial charge in [-0.1, -0.05) is 0 Å². The van der Waals surface area contributed by atoms with E-state index in [4.69, 9.17) is 4.74 Å². The smallest absolute Gasteiger partial charge is 0.409 e. The Labute approximate surface area is 138 Å². The van der Waals surface area contributed by atoms with E-state index in [1.54, 1.807) is 11.1 Å². The number of hydrogen-bond acceptors (Lipinski definition) is 6. The number of aromatic nitrogens is 2. The SMILES string of the molecule is CCOC(=O)N1CCC(Nc2nccc(N(CC)CC)n2)CC1. The third-order valence-corrected chi connectivity index (χ3v) is 4.08. The molecule has 23 heavy (non-hydrogen) atoms. The minimum Gasteiger partial charge on any atom is -0.450 e. The molecule has 7 heteroatoms. The summed E-state index contributed by atoms with van der Waals surface area (Å²) in [6.07, 6.45) is 3.32. The van der Waals surface area contributed by atoms with E-state index in [2.05, 4.69) is 34.0 Å². The average Bonchev–Trinajstić information content (AvgIpc) is 2.57. The van der Waals surface area contributed by atoms with Gasteiger partial charge in [0.05, 0.1) is 6.61 Å². The Kier molecular flexibility index (Phi) is 6.43. The summed E-state index contributed by atoms with van der Waals surface area (Å²) in [6, 6.07) is 2.22. The third-order valence-electron chi connectivity index (χ3n) is 4.08. The van der Waals surface area contributed by atoms with E-state index in [1.165, 1.54) is 0 Å². The number of hydrogen-bond donors (Lipinski definition) is 1. The highest BCUT2D eigenvalue weighted by Gasteiger charge is 2.24. The van der Waals surface area contributed by atoms with Crippen LogP contribution in [0.2, 0.25) is 0 Å². The lowest BCUT2D eigenvalue weighted by molar-refractivity contribution is 0.0983. The molecular formula is C16H27N5O2. The Morgan fingerprint density at radius 3 is 2.65 bits per heavy atom. The highest BCUT2D eigenvalue weighted by Crippen LogP contribution is 2.17. The van der Waals surface area contributed by atoms with Crippen LogP contribution in [0.15, 0.2) is 12.3 Å². The van der Waals surface area contributed by atoms with Crippen LogP contribution in [0.5, 0.6) is 0 Å². The molecule has 1 aliphatic heterocycles. The summed E-state index contributed by atoms with van der Waals surface area (Å²) < 4.78 is 5.04. The van der Waals surface area contributed by atoms with Crippen molar-refractivity contribution in [3.05, 3.63) is 12.3 Å². The van der Waals surface area contributed by atoms with Gasteiger partial charge in [0.25, 0.3) is 0 Å². The number of nitrogens with one attached hydrogen (secondary N) is 1. The van der Waals surface area contributed by atoms with Crippen LogP contribution in [-0.2, 0) is 4.74 Å². The van der Waals surface area contributed by atoms with Crippen molar-refractivity contribution in [2.24, 2.45) is 0 Å². The van der Waals surface area contributed by atoms with Crippen LogP contribution < -0.4 is 10.2 Å². The molecule has 0 unspecified atom stereocenters. The van der Waals surface area contributed by atoms with Crippen LogP contribution in [-0.4, -0.2) is 59.8 Å². The number of piperidine rings is 1. The molecule has 0 bridgehead atoms. The first-order valence-corrected chi connectivity index (χ1v) is 8.44. The van der Waals surface area contributed by atoms with Crippen LogP contribution in [0.25, 0.3) is 0 Å². The fourth-order valence-corrected chi connectivity index (χ4v) is 2.75. The molecule has 1 aromatic rings. The van der Waals surface area contributed by atoms with Gasteiger partial charge in [0.2, 0.25) is 5.95 Å². The van der Waals surface area contributed by atoms with Gasteiger partial charge in [-0.05, 0) is 39.7 Å². The van der Waals surface area contributed by atoms with Crippen molar-refractivity contribution >= 4 is 17.9 Å². The van der Waals surface area contributed by atoms with Crippen molar-refractivity contribution in [3.8, 4) is 0 Å². The predicted molar refractivity (Wildman–Crippen MR) is 90.8 cm³/mol. The monoisotopic (exact) mass is 321 g/mol. The lowest BCUT2D eigenvalue weighted by Crippen LogP contribution is -2.42. The summed E-state index contributed by atoms with van der Waals surface area (Å²) in [6.45, 7) is 9.72. The molecule has 0 atom stereocenters. The van der Waals surface area contributed by atoms with Gasteiger partial charge in [0, 0.05) is 38.4 Å². The number of anilines is 2.